The molecule has 0 amide bonds. The van der Waals surface area contributed by atoms with Gasteiger partial charge in [-0.3, -0.25) is 10.7 Å². The van der Waals surface area contributed by atoms with E-state index in [1.165, 1.54) is 0 Å². The Morgan fingerprint density at radius 2 is 2.08 bits per heavy atom. The lowest BCUT2D eigenvalue weighted by atomic mass is 10.3. The van der Waals surface area contributed by atoms with E-state index in [1.54, 1.807) is 0 Å². The van der Waals surface area contributed by atoms with E-state index in [2.05, 4.69) is 15.4 Å². The Kier molecular flexibility index (Phi) is 2.14. The molecule has 1 aliphatic rings. The minimum atomic E-state index is 0.604. The molecule has 0 saturated carbocycles. The fourth-order valence-electron chi connectivity index (χ4n) is 1.33. The molecule has 1 aromatic rings. The summed E-state index contributed by atoms with van der Waals surface area (Å²) in [5.74, 6) is 0.615. The minimum absolute atomic E-state index is 0.604. The van der Waals surface area contributed by atoms with Crippen molar-refractivity contribution in [3.63, 3.8) is 0 Å². The van der Waals surface area contributed by atoms with Crippen molar-refractivity contribution >= 4 is 11.5 Å². The smallest absolute Gasteiger partial charge is 0.142 e. The normalized spacial score (nSPS) is 15.8. The van der Waals surface area contributed by atoms with Gasteiger partial charge in [0.1, 0.15) is 12.5 Å². The van der Waals surface area contributed by atoms with E-state index in [0.29, 0.717) is 19.0 Å². The number of benzene rings is 1. The quantitative estimate of drug-likeness (QED) is 0.625. The fraction of sp³-hybridized carbons (Fsp3) is 0.222. The SMILES string of the molecule is ONC1=NCN(c2ccccc2)C1. The first kappa shape index (κ1) is 8.07. The number of amidine groups is 1. The molecule has 68 valence electrons. The highest BCUT2D eigenvalue weighted by Crippen LogP contribution is 2.15. The van der Waals surface area contributed by atoms with E-state index in [1.807, 2.05) is 30.3 Å². The van der Waals surface area contributed by atoms with Gasteiger partial charge in [0.25, 0.3) is 0 Å². The molecule has 0 fully saturated rings. The summed E-state index contributed by atoms with van der Waals surface area (Å²) in [6, 6.07) is 10.00. The van der Waals surface area contributed by atoms with Gasteiger partial charge in [0, 0.05) is 5.69 Å². The summed E-state index contributed by atoms with van der Waals surface area (Å²) >= 11 is 0. The Hall–Kier alpha value is -1.55. The molecule has 0 aliphatic carbocycles. The van der Waals surface area contributed by atoms with Gasteiger partial charge < -0.3 is 4.90 Å². The van der Waals surface area contributed by atoms with Gasteiger partial charge in [-0.15, -0.1) is 0 Å². The van der Waals surface area contributed by atoms with Gasteiger partial charge in [0.05, 0.1) is 6.54 Å². The second kappa shape index (κ2) is 3.45. The average Bonchev–Trinajstić information content (AvgIpc) is 2.67. The van der Waals surface area contributed by atoms with Gasteiger partial charge in [-0.1, -0.05) is 18.2 Å². The van der Waals surface area contributed by atoms with Crippen LogP contribution >= 0.6 is 0 Å². The molecule has 0 aromatic heterocycles. The molecule has 2 rings (SSSR count). The van der Waals surface area contributed by atoms with Crippen LogP contribution in [0.3, 0.4) is 0 Å². The van der Waals surface area contributed by atoms with Crippen LogP contribution in [0, 0.1) is 0 Å². The Labute approximate surface area is 76.5 Å². The van der Waals surface area contributed by atoms with Crippen LogP contribution in [0.5, 0.6) is 0 Å². The van der Waals surface area contributed by atoms with Crippen molar-refractivity contribution in [2.24, 2.45) is 4.99 Å². The first-order valence-corrected chi connectivity index (χ1v) is 4.13. The van der Waals surface area contributed by atoms with Crippen LogP contribution in [0.1, 0.15) is 0 Å². The summed E-state index contributed by atoms with van der Waals surface area (Å²) in [5.41, 5.74) is 3.19. The van der Waals surface area contributed by atoms with Gasteiger partial charge >= 0.3 is 0 Å². The number of hydroxylamine groups is 1. The Balaban J connectivity index is 2.07. The molecule has 0 bridgehead atoms. The van der Waals surface area contributed by atoms with Crippen LogP contribution in [-0.2, 0) is 0 Å². The third-order valence-corrected chi connectivity index (χ3v) is 2.02. The van der Waals surface area contributed by atoms with Gasteiger partial charge in [-0.2, -0.15) is 0 Å². The lowest BCUT2D eigenvalue weighted by molar-refractivity contribution is 0.233. The second-order valence-corrected chi connectivity index (χ2v) is 2.89. The standard InChI is InChI=1S/C9H11N3O/c13-11-9-6-12(7-10-9)8-4-2-1-3-5-8/h1-5,13H,6-7H2,(H,10,11). The Morgan fingerprint density at radius 3 is 2.69 bits per heavy atom. The number of anilines is 1. The topological polar surface area (TPSA) is 47.9 Å². The molecule has 13 heavy (non-hydrogen) atoms. The zero-order chi connectivity index (χ0) is 9.10. The minimum Gasteiger partial charge on any atom is -0.345 e. The highest BCUT2D eigenvalue weighted by atomic mass is 16.5. The van der Waals surface area contributed by atoms with E-state index in [4.69, 9.17) is 5.21 Å². The van der Waals surface area contributed by atoms with Crippen molar-refractivity contribution in [1.82, 2.24) is 5.48 Å². The van der Waals surface area contributed by atoms with Crippen molar-refractivity contribution in [3.05, 3.63) is 30.3 Å². The third kappa shape index (κ3) is 1.62. The van der Waals surface area contributed by atoms with Crippen molar-refractivity contribution in [2.75, 3.05) is 18.1 Å². The maximum atomic E-state index is 8.62. The second-order valence-electron chi connectivity index (χ2n) is 2.89. The molecule has 0 unspecified atom stereocenters. The lowest BCUT2D eigenvalue weighted by Crippen LogP contribution is -2.28. The molecule has 1 heterocycles. The van der Waals surface area contributed by atoms with E-state index in [0.717, 1.165) is 5.69 Å². The van der Waals surface area contributed by atoms with Gasteiger partial charge in [0.2, 0.25) is 0 Å². The highest BCUT2D eigenvalue weighted by Gasteiger charge is 2.14. The molecule has 1 aromatic carbocycles. The van der Waals surface area contributed by atoms with Crippen LogP contribution in [0.15, 0.2) is 35.3 Å². The van der Waals surface area contributed by atoms with Crippen LogP contribution in [-0.4, -0.2) is 24.3 Å². The van der Waals surface area contributed by atoms with Crippen LogP contribution in [0.4, 0.5) is 5.69 Å². The van der Waals surface area contributed by atoms with E-state index >= 15 is 0 Å². The van der Waals surface area contributed by atoms with Crippen molar-refractivity contribution in [1.29, 1.82) is 0 Å². The van der Waals surface area contributed by atoms with E-state index < -0.39 is 0 Å². The molecule has 0 spiro atoms. The Morgan fingerprint density at radius 1 is 1.31 bits per heavy atom. The summed E-state index contributed by atoms with van der Waals surface area (Å²) in [6.45, 7) is 1.24. The molecular weight excluding hydrogens is 166 g/mol. The van der Waals surface area contributed by atoms with E-state index in [9.17, 15) is 0 Å². The molecular formula is C9H11N3O. The highest BCUT2D eigenvalue weighted by molar-refractivity contribution is 5.88. The predicted octanol–water partition coefficient (Wildman–Crippen LogP) is 0.841. The summed E-state index contributed by atoms with van der Waals surface area (Å²) in [7, 11) is 0. The summed E-state index contributed by atoms with van der Waals surface area (Å²) in [5, 5.41) is 8.62. The molecule has 0 atom stereocenters. The molecule has 1 aliphatic heterocycles. The number of para-hydroxylation sites is 1. The van der Waals surface area contributed by atoms with E-state index in [-0.39, 0.29) is 0 Å². The Bertz CT molecular complexity index is 310. The third-order valence-electron chi connectivity index (χ3n) is 2.02. The molecule has 2 N–H and O–H groups in total. The number of nitrogens with zero attached hydrogens (tertiary/aromatic N) is 2. The monoisotopic (exact) mass is 177 g/mol. The molecule has 0 radical (unpaired) electrons. The van der Waals surface area contributed by atoms with Gasteiger partial charge in [-0.05, 0) is 12.1 Å². The summed E-state index contributed by atoms with van der Waals surface area (Å²) in [6.07, 6.45) is 0. The molecule has 0 saturated heterocycles. The number of hydrogen-bond acceptors (Lipinski definition) is 4. The maximum Gasteiger partial charge on any atom is 0.142 e. The number of aliphatic imine (C=N–C) groups is 1. The number of nitrogens with one attached hydrogen (secondary N) is 1. The molecule has 4 heteroatoms. The first-order valence-electron chi connectivity index (χ1n) is 4.13. The summed E-state index contributed by atoms with van der Waals surface area (Å²) in [4.78, 5) is 6.16. The zero-order valence-corrected chi connectivity index (χ0v) is 7.14. The lowest BCUT2D eigenvalue weighted by Gasteiger charge is -2.15. The predicted molar refractivity (Wildman–Crippen MR) is 51.0 cm³/mol. The zero-order valence-electron chi connectivity index (χ0n) is 7.14. The van der Waals surface area contributed by atoms with Crippen molar-refractivity contribution < 1.29 is 5.21 Å². The first-order chi connectivity index (χ1) is 6.40. The maximum absolute atomic E-state index is 8.62. The fourth-order valence-corrected chi connectivity index (χ4v) is 1.33. The van der Waals surface area contributed by atoms with Crippen molar-refractivity contribution in [3.8, 4) is 0 Å². The van der Waals surface area contributed by atoms with Crippen LogP contribution in [0.2, 0.25) is 0 Å². The number of hydrogen-bond donors (Lipinski definition) is 2. The summed E-state index contributed by atoms with van der Waals surface area (Å²) < 4.78 is 0. The van der Waals surface area contributed by atoms with Gasteiger partial charge in [0.15, 0.2) is 0 Å². The largest absolute Gasteiger partial charge is 0.345 e. The van der Waals surface area contributed by atoms with Crippen LogP contribution < -0.4 is 10.4 Å². The average molecular weight is 177 g/mol. The van der Waals surface area contributed by atoms with Crippen molar-refractivity contribution in [2.45, 2.75) is 0 Å². The number of rotatable bonds is 1. The van der Waals surface area contributed by atoms with Crippen LogP contribution in [0.25, 0.3) is 0 Å². The van der Waals surface area contributed by atoms with Gasteiger partial charge in [-0.25, -0.2) is 4.99 Å². The molecule has 4 nitrogen and oxygen atoms in total.